The first-order chi connectivity index (χ1) is 14.2. The second-order valence-corrected chi connectivity index (χ2v) is 9.29. The normalized spacial score (nSPS) is 39.9. The van der Waals surface area contributed by atoms with E-state index in [-0.39, 0.29) is 30.3 Å². The number of carbonyl (C=O) groups excluding carboxylic acids is 1. The lowest BCUT2D eigenvalue weighted by Crippen LogP contribution is -2.46. The Morgan fingerprint density at radius 2 is 1.70 bits per heavy atom. The van der Waals surface area contributed by atoms with Gasteiger partial charge >= 0.3 is 5.97 Å². The molecule has 0 unspecified atom stereocenters. The second kappa shape index (κ2) is 7.25. The van der Waals surface area contributed by atoms with E-state index in [4.69, 9.17) is 28.5 Å². The summed E-state index contributed by atoms with van der Waals surface area (Å²) in [6.07, 6.45) is -1.02. The third-order valence-corrected chi connectivity index (χ3v) is 6.00. The molecule has 0 saturated carbocycles. The molecule has 4 aliphatic rings. The molecule has 8 heteroatoms. The number of nitrogens with zero attached hydrogens (tertiary/aromatic N) is 1. The van der Waals surface area contributed by atoms with Gasteiger partial charge in [0.1, 0.15) is 24.4 Å². The first-order valence-corrected chi connectivity index (χ1v) is 10.6. The number of hydrogen-bond acceptors (Lipinski definition) is 8. The molecule has 164 valence electrons. The van der Waals surface area contributed by atoms with Crippen LogP contribution in [0.4, 0.5) is 0 Å². The largest absolute Gasteiger partial charge is 0.365 e. The molecule has 4 saturated heterocycles. The Morgan fingerprint density at radius 1 is 0.967 bits per heavy atom. The molecule has 0 amide bonds. The van der Waals surface area contributed by atoms with E-state index in [0.29, 0.717) is 19.4 Å². The Labute approximate surface area is 176 Å². The molecule has 4 fully saturated rings. The van der Waals surface area contributed by atoms with Crippen molar-refractivity contribution in [1.82, 2.24) is 5.06 Å². The number of ether oxygens (including phenoxy) is 5. The topological polar surface area (TPSA) is 75.7 Å². The van der Waals surface area contributed by atoms with Crippen LogP contribution < -0.4 is 0 Å². The maximum absolute atomic E-state index is 12.2. The summed E-state index contributed by atoms with van der Waals surface area (Å²) in [5.41, 5.74) is 1.13. The number of benzene rings is 1. The predicted octanol–water partition coefficient (Wildman–Crippen LogP) is 2.16. The Balaban J connectivity index is 1.39. The van der Waals surface area contributed by atoms with Gasteiger partial charge in [0, 0.05) is 0 Å². The van der Waals surface area contributed by atoms with Crippen molar-refractivity contribution < 1.29 is 33.3 Å². The van der Waals surface area contributed by atoms with Crippen molar-refractivity contribution in [3.63, 3.8) is 0 Å². The molecule has 4 heterocycles. The summed E-state index contributed by atoms with van der Waals surface area (Å²) in [5.74, 6) is -1.70. The number of fused-ring (bicyclic) bond motifs is 1. The summed E-state index contributed by atoms with van der Waals surface area (Å²) >= 11 is 0. The summed E-state index contributed by atoms with van der Waals surface area (Å²) < 4.78 is 30.6. The number of rotatable bonds is 4. The van der Waals surface area contributed by atoms with Crippen LogP contribution in [0.15, 0.2) is 30.3 Å². The average molecular weight is 419 g/mol. The number of hydroxylamine groups is 2. The van der Waals surface area contributed by atoms with Gasteiger partial charge < -0.3 is 28.5 Å². The highest BCUT2D eigenvalue weighted by atomic mass is 16.8. The lowest BCUT2D eigenvalue weighted by atomic mass is 10.0. The van der Waals surface area contributed by atoms with Gasteiger partial charge in [0.2, 0.25) is 0 Å². The Kier molecular flexibility index (Phi) is 4.92. The summed E-state index contributed by atoms with van der Waals surface area (Å²) in [6, 6.07) is 9.91. The second-order valence-electron chi connectivity index (χ2n) is 9.29. The molecule has 1 aromatic rings. The molecule has 1 aromatic carbocycles. The van der Waals surface area contributed by atoms with Crippen LogP contribution in [0.1, 0.15) is 39.7 Å². The van der Waals surface area contributed by atoms with Crippen LogP contribution in [0.5, 0.6) is 0 Å². The maximum atomic E-state index is 12.2. The van der Waals surface area contributed by atoms with Crippen molar-refractivity contribution in [2.75, 3.05) is 6.61 Å². The molecule has 0 aliphatic carbocycles. The SMILES string of the molecule is CC1(C)O[C@H]2[C@@H](O1)[C@H](N1OC(=O)C[C@@H]1Cc1ccccc1)O[C@H]2[C@H]1COC(C)(C)O1. The highest BCUT2D eigenvalue weighted by molar-refractivity contribution is 5.71. The Hall–Kier alpha value is -1.55. The highest BCUT2D eigenvalue weighted by Crippen LogP contribution is 2.44. The number of carbonyl (C=O) groups is 1. The molecule has 5 rings (SSSR count). The molecule has 0 aromatic heterocycles. The van der Waals surface area contributed by atoms with Crippen LogP contribution in [0, 0.1) is 0 Å². The predicted molar refractivity (Wildman–Crippen MR) is 104 cm³/mol. The van der Waals surface area contributed by atoms with Gasteiger partial charge in [-0.3, -0.25) is 4.79 Å². The average Bonchev–Trinajstić information content (AvgIpc) is 3.38. The van der Waals surface area contributed by atoms with E-state index in [1.54, 1.807) is 5.06 Å². The van der Waals surface area contributed by atoms with E-state index >= 15 is 0 Å². The Morgan fingerprint density at radius 3 is 2.40 bits per heavy atom. The van der Waals surface area contributed by atoms with E-state index in [1.807, 2.05) is 58.0 Å². The summed E-state index contributed by atoms with van der Waals surface area (Å²) in [6.45, 7) is 7.93. The van der Waals surface area contributed by atoms with Crippen LogP contribution in [0.25, 0.3) is 0 Å². The van der Waals surface area contributed by atoms with Crippen molar-refractivity contribution in [2.45, 2.75) is 88.8 Å². The van der Waals surface area contributed by atoms with Crippen molar-refractivity contribution in [3.05, 3.63) is 35.9 Å². The fourth-order valence-electron chi connectivity index (χ4n) is 4.81. The zero-order valence-corrected chi connectivity index (χ0v) is 17.8. The van der Waals surface area contributed by atoms with Gasteiger partial charge in [0.15, 0.2) is 17.8 Å². The molecule has 0 bridgehead atoms. The van der Waals surface area contributed by atoms with Gasteiger partial charge in [-0.25, -0.2) is 0 Å². The van der Waals surface area contributed by atoms with E-state index in [2.05, 4.69) is 0 Å². The zero-order chi connectivity index (χ0) is 21.1. The molecular formula is C22H29NO7. The number of hydrogen-bond donors (Lipinski definition) is 0. The summed E-state index contributed by atoms with van der Waals surface area (Å²) in [7, 11) is 0. The van der Waals surface area contributed by atoms with Crippen LogP contribution in [-0.4, -0.2) is 65.9 Å². The van der Waals surface area contributed by atoms with E-state index in [9.17, 15) is 4.79 Å². The van der Waals surface area contributed by atoms with Crippen LogP contribution >= 0.6 is 0 Å². The first kappa shape index (κ1) is 20.4. The molecule has 0 spiro atoms. The van der Waals surface area contributed by atoms with Gasteiger partial charge in [-0.2, -0.15) is 0 Å². The van der Waals surface area contributed by atoms with Crippen LogP contribution in [0.3, 0.4) is 0 Å². The first-order valence-electron chi connectivity index (χ1n) is 10.6. The minimum absolute atomic E-state index is 0.145. The van der Waals surface area contributed by atoms with Gasteiger partial charge in [-0.05, 0) is 39.7 Å². The summed E-state index contributed by atoms with van der Waals surface area (Å²) in [5, 5.41) is 1.67. The minimum Gasteiger partial charge on any atom is -0.365 e. The molecular weight excluding hydrogens is 390 g/mol. The molecule has 8 nitrogen and oxygen atoms in total. The van der Waals surface area contributed by atoms with Crippen LogP contribution in [-0.2, 0) is 39.7 Å². The third kappa shape index (κ3) is 3.77. The fourth-order valence-corrected chi connectivity index (χ4v) is 4.81. The summed E-state index contributed by atoms with van der Waals surface area (Å²) in [4.78, 5) is 17.8. The molecule has 30 heavy (non-hydrogen) atoms. The third-order valence-electron chi connectivity index (χ3n) is 6.00. The standard InChI is InChI=1S/C22H29NO7/c1-21(2)25-12-15(27-21)17-18-19(29-22(3,4)28-18)20(26-17)23-14(11-16(24)30-23)10-13-8-6-5-7-9-13/h5-9,14-15,17-20H,10-12H2,1-4H3/t14-,15+,17-,18+,19+,20+/m0/s1. The zero-order valence-electron chi connectivity index (χ0n) is 17.8. The van der Waals surface area contributed by atoms with Crippen LogP contribution in [0.2, 0.25) is 0 Å². The van der Waals surface area contributed by atoms with E-state index in [0.717, 1.165) is 5.56 Å². The van der Waals surface area contributed by atoms with E-state index in [1.165, 1.54) is 0 Å². The molecule has 0 N–H and O–H groups in total. The Bertz CT molecular complexity index is 798. The van der Waals surface area contributed by atoms with Crippen molar-refractivity contribution in [3.8, 4) is 0 Å². The smallest absolute Gasteiger partial charge is 0.326 e. The fraction of sp³-hybridized carbons (Fsp3) is 0.682. The molecule has 0 radical (unpaired) electrons. The van der Waals surface area contributed by atoms with Gasteiger partial charge in [-0.15, -0.1) is 5.06 Å². The quantitative estimate of drug-likeness (QED) is 0.735. The van der Waals surface area contributed by atoms with Crippen molar-refractivity contribution >= 4 is 5.97 Å². The lowest BCUT2D eigenvalue weighted by molar-refractivity contribution is -0.275. The maximum Gasteiger partial charge on any atom is 0.326 e. The van der Waals surface area contributed by atoms with Gasteiger partial charge in [0.05, 0.1) is 19.1 Å². The lowest BCUT2D eigenvalue weighted by Gasteiger charge is -2.31. The van der Waals surface area contributed by atoms with E-state index < -0.39 is 23.9 Å². The van der Waals surface area contributed by atoms with Crippen molar-refractivity contribution in [1.29, 1.82) is 0 Å². The van der Waals surface area contributed by atoms with Crippen molar-refractivity contribution in [2.24, 2.45) is 0 Å². The monoisotopic (exact) mass is 419 g/mol. The molecule has 4 aliphatic heterocycles. The van der Waals surface area contributed by atoms with Gasteiger partial charge in [-0.1, -0.05) is 30.3 Å². The molecule has 6 atom stereocenters. The minimum atomic E-state index is -0.761. The van der Waals surface area contributed by atoms with Gasteiger partial charge in [0.25, 0.3) is 0 Å². The highest BCUT2D eigenvalue weighted by Gasteiger charge is 2.62.